The molecule has 0 amide bonds. The van der Waals surface area contributed by atoms with E-state index in [0.29, 0.717) is 6.42 Å². The number of aliphatic hydroxyl groups excluding tert-OH is 1. The number of unbranched alkanes of at least 4 members (excludes halogenated alkanes) is 1. The fourth-order valence-electron chi connectivity index (χ4n) is 0.497. The van der Waals surface area contributed by atoms with Gasteiger partial charge in [0, 0.05) is 5.33 Å². The van der Waals surface area contributed by atoms with Crippen molar-refractivity contribution in [3.05, 3.63) is 0 Å². The largest absolute Gasteiger partial charge is 0.378 e. The quantitative estimate of drug-likeness (QED) is 0.416. The van der Waals surface area contributed by atoms with Gasteiger partial charge >= 0.3 is 0 Å². The Morgan fingerprint density at radius 1 is 1.56 bits per heavy atom. The minimum absolute atomic E-state index is 0.599. The van der Waals surface area contributed by atoms with Gasteiger partial charge in [0.2, 0.25) is 0 Å². The summed E-state index contributed by atoms with van der Waals surface area (Å²) in [6.45, 7) is 0. The Bertz CT molecular complexity index is 99.7. The lowest BCUT2D eigenvalue weighted by Gasteiger charge is -1.97. The zero-order valence-electron chi connectivity index (χ0n) is 5.18. The number of hydrogen-bond donors (Lipinski definition) is 1. The maximum Gasteiger partial charge on any atom is 0.140 e. The van der Waals surface area contributed by atoms with Crippen molar-refractivity contribution < 1.29 is 5.11 Å². The van der Waals surface area contributed by atoms with Gasteiger partial charge in [0.05, 0.1) is 6.07 Å². The molecule has 0 saturated carbocycles. The smallest absolute Gasteiger partial charge is 0.140 e. The van der Waals surface area contributed by atoms with Crippen molar-refractivity contribution in [1.82, 2.24) is 0 Å². The van der Waals surface area contributed by atoms with Crippen LogP contribution in [0.15, 0.2) is 0 Å². The van der Waals surface area contributed by atoms with Gasteiger partial charge in [0.15, 0.2) is 0 Å². The molecule has 0 aromatic heterocycles. The molecular weight excluding hydrogens is 182 g/mol. The van der Waals surface area contributed by atoms with E-state index in [1.165, 1.54) is 0 Å². The molecular formula is C6H10BrNO. The molecule has 0 saturated heterocycles. The summed E-state index contributed by atoms with van der Waals surface area (Å²) in [7, 11) is 0. The Balaban J connectivity index is 2.99. The summed E-state index contributed by atoms with van der Waals surface area (Å²) in [6.07, 6.45) is 1.78. The van der Waals surface area contributed by atoms with E-state index in [4.69, 9.17) is 10.4 Å². The third-order valence-electron chi connectivity index (χ3n) is 1.01. The number of rotatable bonds is 4. The SMILES string of the molecule is N#C[C@@H](O)CCCCBr. The zero-order chi connectivity index (χ0) is 7.11. The van der Waals surface area contributed by atoms with Crippen molar-refractivity contribution in [2.24, 2.45) is 0 Å². The highest BCUT2D eigenvalue weighted by molar-refractivity contribution is 9.09. The predicted octanol–water partition coefficient (Wildman–Crippen LogP) is 1.44. The van der Waals surface area contributed by atoms with Crippen molar-refractivity contribution in [1.29, 1.82) is 5.26 Å². The van der Waals surface area contributed by atoms with Crippen LogP contribution in [0.25, 0.3) is 0 Å². The number of nitriles is 1. The first-order valence-electron chi connectivity index (χ1n) is 2.95. The van der Waals surface area contributed by atoms with Crippen LogP contribution in [-0.4, -0.2) is 16.5 Å². The second-order valence-corrected chi connectivity index (χ2v) is 2.62. The molecule has 52 valence electrons. The van der Waals surface area contributed by atoms with Gasteiger partial charge in [-0.25, -0.2) is 0 Å². The second-order valence-electron chi connectivity index (χ2n) is 1.83. The Morgan fingerprint density at radius 3 is 2.67 bits per heavy atom. The van der Waals surface area contributed by atoms with Gasteiger partial charge in [-0.2, -0.15) is 5.26 Å². The summed E-state index contributed by atoms with van der Waals surface area (Å²) in [5.41, 5.74) is 0. The summed E-state index contributed by atoms with van der Waals surface area (Å²) in [4.78, 5) is 0. The van der Waals surface area contributed by atoms with Crippen LogP contribution in [-0.2, 0) is 0 Å². The minimum atomic E-state index is -0.760. The summed E-state index contributed by atoms with van der Waals surface area (Å²) in [6, 6.07) is 1.76. The molecule has 0 spiro atoms. The average molecular weight is 192 g/mol. The number of alkyl halides is 1. The topological polar surface area (TPSA) is 44.0 Å². The molecule has 9 heavy (non-hydrogen) atoms. The molecule has 1 atom stereocenters. The maximum absolute atomic E-state index is 8.71. The highest BCUT2D eigenvalue weighted by Gasteiger charge is 1.98. The van der Waals surface area contributed by atoms with E-state index < -0.39 is 6.10 Å². The van der Waals surface area contributed by atoms with Gasteiger partial charge < -0.3 is 5.11 Å². The predicted molar refractivity (Wildman–Crippen MR) is 39.3 cm³/mol. The van der Waals surface area contributed by atoms with E-state index >= 15 is 0 Å². The molecule has 0 rings (SSSR count). The van der Waals surface area contributed by atoms with Gasteiger partial charge in [0.25, 0.3) is 0 Å². The van der Waals surface area contributed by atoms with Gasteiger partial charge in [-0.1, -0.05) is 15.9 Å². The van der Waals surface area contributed by atoms with Crippen LogP contribution in [0.4, 0.5) is 0 Å². The lowest BCUT2D eigenvalue weighted by Crippen LogP contribution is -2.01. The van der Waals surface area contributed by atoms with Crippen molar-refractivity contribution in [2.75, 3.05) is 5.33 Å². The third-order valence-corrected chi connectivity index (χ3v) is 1.57. The Kier molecular flexibility index (Phi) is 6.01. The van der Waals surface area contributed by atoms with Crippen molar-refractivity contribution >= 4 is 15.9 Å². The number of hydrogen-bond acceptors (Lipinski definition) is 2. The summed E-state index contributed by atoms with van der Waals surface area (Å²) < 4.78 is 0. The normalized spacial score (nSPS) is 12.6. The zero-order valence-corrected chi connectivity index (χ0v) is 6.76. The van der Waals surface area contributed by atoms with E-state index in [9.17, 15) is 0 Å². The van der Waals surface area contributed by atoms with Crippen molar-refractivity contribution in [3.8, 4) is 6.07 Å². The average Bonchev–Trinajstić information content (AvgIpc) is 1.89. The molecule has 2 nitrogen and oxygen atoms in total. The highest BCUT2D eigenvalue weighted by Crippen LogP contribution is 2.01. The van der Waals surface area contributed by atoms with Crippen LogP contribution in [0.3, 0.4) is 0 Å². The molecule has 0 unspecified atom stereocenters. The van der Waals surface area contributed by atoms with Crippen molar-refractivity contribution in [3.63, 3.8) is 0 Å². The summed E-state index contributed by atoms with van der Waals surface area (Å²) in [5, 5.41) is 17.8. The third kappa shape index (κ3) is 5.81. The van der Waals surface area contributed by atoms with Gasteiger partial charge in [-0.3, -0.25) is 0 Å². The molecule has 0 radical (unpaired) electrons. The first-order valence-corrected chi connectivity index (χ1v) is 4.07. The van der Waals surface area contributed by atoms with E-state index in [2.05, 4.69) is 15.9 Å². The molecule has 0 aromatic rings. The maximum atomic E-state index is 8.71. The van der Waals surface area contributed by atoms with Crippen molar-refractivity contribution in [2.45, 2.75) is 25.4 Å². The Hall–Kier alpha value is -0.0700. The van der Waals surface area contributed by atoms with Gasteiger partial charge in [-0.05, 0) is 19.3 Å². The van der Waals surface area contributed by atoms with E-state index in [0.717, 1.165) is 18.2 Å². The first-order chi connectivity index (χ1) is 4.31. The number of nitrogens with zero attached hydrogens (tertiary/aromatic N) is 1. The monoisotopic (exact) mass is 191 g/mol. The van der Waals surface area contributed by atoms with Crippen LogP contribution >= 0.6 is 15.9 Å². The standard InChI is InChI=1S/C6H10BrNO/c7-4-2-1-3-6(9)5-8/h6,9H,1-4H2/t6-/m0/s1. The second kappa shape index (κ2) is 6.06. The van der Waals surface area contributed by atoms with Crippen LogP contribution in [0, 0.1) is 11.3 Å². The molecule has 0 aliphatic rings. The molecule has 1 N–H and O–H groups in total. The fourth-order valence-corrected chi connectivity index (χ4v) is 0.893. The van der Waals surface area contributed by atoms with E-state index in [-0.39, 0.29) is 0 Å². The molecule has 0 aliphatic carbocycles. The number of aliphatic hydroxyl groups is 1. The van der Waals surface area contributed by atoms with Gasteiger partial charge in [0.1, 0.15) is 6.10 Å². The lowest BCUT2D eigenvalue weighted by molar-refractivity contribution is 0.216. The van der Waals surface area contributed by atoms with E-state index in [1.54, 1.807) is 6.07 Å². The molecule has 0 bridgehead atoms. The summed E-state index contributed by atoms with van der Waals surface area (Å²) in [5.74, 6) is 0. The molecule has 3 heteroatoms. The minimum Gasteiger partial charge on any atom is -0.378 e. The molecule has 0 heterocycles. The van der Waals surface area contributed by atoms with Gasteiger partial charge in [-0.15, -0.1) is 0 Å². The van der Waals surface area contributed by atoms with Crippen LogP contribution < -0.4 is 0 Å². The molecule has 0 aliphatic heterocycles. The highest BCUT2D eigenvalue weighted by atomic mass is 79.9. The number of halogens is 1. The Labute approximate surface area is 63.6 Å². The first kappa shape index (κ1) is 8.93. The van der Waals surface area contributed by atoms with Crippen LogP contribution in [0.2, 0.25) is 0 Å². The molecule has 0 fully saturated rings. The van der Waals surface area contributed by atoms with Crippen LogP contribution in [0.5, 0.6) is 0 Å². The Morgan fingerprint density at radius 2 is 2.22 bits per heavy atom. The summed E-state index contributed by atoms with van der Waals surface area (Å²) >= 11 is 3.26. The molecule has 0 aromatic carbocycles. The fraction of sp³-hybridized carbons (Fsp3) is 0.833. The van der Waals surface area contributed by atoms with E-state index in [1.807, 2.05) is 0 Å². The lowest BCUT2D eigenvalue weighted by atomic mass is 10.2. The van der Waals surface area contributed by atoms with Crippen LogP contribution in [0.1, 0.15) is 19.3 Å².